The lowest BCUT2D eigenvalue weighted by Crippen LogP contribution is -2.62. The average Bonchev–Trinajstić information content (AvgIpc) is 3.12. The number of carbonyl (C=O) groups is 2. The van der Waals surface area contributed by atoms with Crippen LogP contribution in [0, 0.1) is 0 Å². The molecule has 1 aliphatic heterocycles. The van der Waals surface area contributed by atoms with Gasteiger partial charge < -0.3 is 20.1 Å². The van der Waals surface area contributed by atoms with Gasteiger partial charge in [0.05, 0.1) is 19.9 Å². The Morgan fingerprint density at radius 1 is 0.943 bits per heavy atom. The number of nitrogens with one attached hydrogen (secondary N) is 3. The summed E-state index contributed by atoms with van der Waals surface area (Å²) in [5, 5.41) is 3.64. The fraction of sp³-hybridized carbons (Fsp3) is 0.182. The molecule has 2 aromatic carbocycles. The SMILES string of the molecule is COc1ccc(C(=O)NC2(C(F)(F)F)C(=O)Nc3c2c(=O)[nH]c(=O)n3-c2ccc(OC)cc2)cc1. The lowest BCUT2D eigenvalue weighted by molar-refractivity contribution is -0.196. The second-order valence-corrected chi connectivity index (χ2v) is 7.40. The Bertz CT molecular complexity index is 1430. The van der Waals surface area contributed by atoms with Gasteiger partial charge in [-0.25, -0.2) is 9.36 Å². The van der Waals surface area contributed by atoms with Crippen LogP contribution in [0.1, 0.15) is 15.9 Å². The molecule has 0 radical (unpaired) electrons. The number of aromatic amines is 1. The maximum Gasteiger partial charge on any atom is 0.425 e. The highest BCUT2D eigenvalue weighted by Crippen LogP contribution is 2.45. The highest BCUT2D eigenvalue weighted by Gasteiger charge is 2.68. The van der Waals surface area contributed by atoms with Crippen molar-refractivity contribution in [3.63, 3.8) is 0 Å². The van der Waals surface area contributed by atoms with Gasteiger partial charge in [0.25, 0.3) is 22.9 Å². The Kier molecular flexibility index (Phi) is 5.63. The zero-order chi connectivity index (χ0) is 25.5. The van der Waals surface area contributed by atoms with Crippen LogP contribution in [0.15, 0.2) is 58.1 Å². The maximum absolute atomic E-state index is 14.5. The van der Waals surface area contributed by atoms with Crippen molar-refractivity contribution in [1.29, 1.82) is 0 Å². The number of H-pyrrole nitrogens is 1. The molecule has 4 rings (SSSR count). The molecule has 2 heterocycles. The van der Waals surface area contributed by atoms with Crippen molar-refractivity contribution in [3.05, 3.63) is 80.5 Å². The number of rotatable bonds is 5. The van der Waals surface area contributed by atoms with Crippen molar-refractivity contribution in [2.75, 3.05) is 19.5 Å². The summed E-state index contributed by atoms with van der Waals surface area (Å²) in [6.45, 7) is 0. The molecule has 0 bridgehead atoms. The van der Waals surface area contributed by atoms with Gasteiger partial charge in [0.15, 0.2) is 0 Å². The van der Waals surface area contributed by atoms with Crippen LogP contribution in [-0.4, -0.2) is 41.8 Å². The molecule has 1 unspecified atom stereocenters. The Hall–Kier alpha value is -4.55. The number of anilines is 1. The molecule has 35 heavy (non-hydrogen) atoms. The zero-order valence-electron chi connectivity index (χ0n) is 18.1. The number of hydrogen-bond acceptors (Lipinski definition) is 6. The van der Waals surface area contributed by atoms with E-state index in [1.54, 1.807) is 10.3 Å². The predicted octanol–water partition coefficient (Wildman–Crippen LogP) is 1.68. The number of alkyl halides is 3. The number of methoxy groups -OCH3 is 2. The van der Waals surface area contributed by atoms with Crippen LogP contribution in [0.4, 0.5) is 19.0 Å². The molecule has 2 amide bonds. The smallest absolute Gasteiger partial charge is 0.425 e. The van der Waals surface area contributed by atoms with E-state index in [-0.39, 0.29) is 11.3 Å². The van der Waals surface area contributed by atoms with E-state index in [1.807, 2.05) is 5.32 Å². The quantitative estimate of drug-likeness (QED) is 0.499. The molecular formula is C22H17F3N4O6. The zero-order valence-corrected chi connectivity index (χ0v) is 18.1. The summed E-state index contributed by atoms with van der Waals surface area (Å²) < 4.78 is 54.2. The van der Waals surface area contributed by atoms with Crippen LogP contribution < -0.4 is 31.4 Å². The van der Waals surface area contributed by atoms with Crippen LogP contribution >= 0.6 is 0 Å². The Morgan fingerprint density at radius 2 is 1.49 bits per heavy atom. The van der Waals surface area contributed by atoms with E-state index in [9.17, 15) is 32.3 Å². The van der Waals surface area contributed by atoms with Gasteiger partial charge in [-0.05, 0) is 48.5 Å². The third kappa shape index (κ3) is 3.70. The number of aromatic nitrogens is 2. The first kappa shape index (κ1) is 23.6. The summed E-state index contributed by atoms with van der Waals surface area (Å²) in [4.78, 5) is 52.7. The first-order valence-electron chi connectivity index (χ1n) is 9.92. The summed E-state index contributed by atoms with van der Waals surface area (Å²) in [5.74, 6) is -3.02. The molecule has 0 saturated heterocycles. The standard InChI is InChI=1S/C22H17F3N4O6/c1-34-13-7-3-11(4-8-13)17(30)28-21(22(23,24)25)15-16(26-19(21)32)29(20(33)27-18(15)31)12-5-9-14(35-2)10-6-12/h3-10H,1-2H3,(H,26,32)(H,28,30)(H,27,31,33). The fourth-order valence-electron chi connectivity index (χ4n) is 3.74. The first-order valence-corrected chi connectivity index (χ1v) is 9.92. The number of ether oxygens (including phenoxy) is 2. The molecular weight excluding hydrogens is 473 g/mol. The van der Waals surface area contributed by atoms with Crippen LogP contribution in [0.25, 0.3) is 5.69 Å². The van der Waals surface area contributed by atoms with Crippen LogP contribution in [-0.2, 0) is 10.3 Å². The minimum absolute atomic E-state index is 0.0306. The van der Waals surface area contributed by atoms with Gasteiger partial charge in [-0.3, -0.25) is 19.4 Å². The van der Waals surface area contributed by atoms with E-state index < -0.39 is 46.2 Å². The van der Waals surface area contributed by atoms with Crippen molar-refractivity contribution in [2.24, 2.45) is 0 Å². The van der Waals surface area contributed by atoms with Gasteiger partial charge >= 0.3 is 11.9 Å². The van der Waals surface area contributed by atoms with Crippen molar-refractivity contribution in [1.82, 2.24) is 14.9 Å². The van der Waals surface area contributed by atoms with Crippen molar-refractivity contribution >= 4 is 17.6 Å². The number of benzene rings is 2. The van der Waals surface area contributed by atoms with E-state index in [4.69, 9.17) is 9.47 Å². The highest BCUT2D eigenvalue weighted by atomic mass is 19.4. The molecule has 13 heteroatoms. The molecule has 3 N–H and O–H groups in total. The van der Waals surface area contributed by atoms with Crippen molar-refractivity contribution in [3.8, 4) is 17.2 Å². The Labute approximate surface area is 194 Å². The highest BCUT2D eigenvalue weighted by molar-refractivity contribution is 6.09. The van der Waals surface area contributed by atoms with Crippen LogP contribution in [0.3, 0.4) is 0 Å². The summed E-state index contributed by atoms with van der Waals surface area (Å²) in [5.41, 5.74) is -7.72. The fourth-order valence-corrected chi connectivity index (χ4v) is 3.74. The van der Waals surface area contributed by atoms with E-state index in [1.165, 1.54) is 62.8 Å². The normalized spacial score (nSPS) is 16.9. The van der Waals surface area contributed by atoms with Gasteiger partial charge in [-0.1, -0.05) is 0 Å². The molecule has 0 saturated carbocycles. The van der Waals surface area contributed by atoms with Crippen molar-refractivity contribution < 1.29 is 32.2 Å². The summed E-state index contributed by atoms with van der Waals surface area (Å²) in [6.07, 6.45) is -5.46. The Morgan fingerprint density at radius 3 is 2.00 bits per heavy atom. The topological polar surface area (TPSA) is 132 Å². The third-order valence-corrected chi connectivity index (χ3v) is 5.47. The Balaban J connectivity index is 1.91. The number of carbonyl (C=O) groups excluding carboxylic acids is 2. The van der Waals surface area contributed by atoms with Gasteiger partial charge in [-0.15, -0.1) is 0 Å². The molecule has 1 aliphatic rings. The summed E-state index contributed by atoms with van der Waals surface area (Å²) in [7, 11) is 2.75. The number of hydrogen-bond donors (Lipinski definition) is 3. The predicted molar refractivity (Wildman–Crippen MR) is 116 cm³/mol. The van der Waals surface area contributed by atoms with E-state index >= 15 is 0 Å². The first-order chi connectivity index (χ1) is 16.5. The van der Waals surface area contributed by atoms with Gasteiger partial charge in [0, 0.05) is 5.56 Å². The monoisotopic (exact) mass is 490 g/mol. The second-order valence-electron chi connectivity index (χ2n) is 7.40. The number of halogens is 3. The molecule has 1 atom stereocenters. The summed E-state index contributed by atoms with van der Waals surface area (Å²) in [6, 6.07) is 10.6. The molecule has 1 aromatic heterocycles. The van der Waals surface area contributed by atoms with Crippen molar-refractivity contribution in [2.45, 2.75) is 11.7 Å². The van der Waals surface area contributed by atoms with Gasteiger partial charge in [0.2, 0.25) is 0 Å². The minimum atomic E-state index is -5.46. The average molecular weight is 490 g/mol. The molecule has 182 valence electrons. The molecule has 0 fully saturated rings. The largest absolute Gasteiger partial charge is 0.497 e. The second kappa shape index (κ2) is 8.34. The number of fused-ring (bicyclic) bond motifs is 1. The number of amides is 2. The van der Waals surface area contributed by atoms with E-state index in [2.05, 4.69) is 0 Å². The lowest BCUT2D eigenvalue weighted by atomic mass is 9.91. The molecule has 3 aromatic rings. The van der Waals surface area contributed by atoms with Crippen LogP contribution in [0.5, 0.6) is 11.5 Å². The van der Waals surface area contributed by atoms with E-state index in [0.717, 1.165) is 0 Å². The van der Waals surface area contributed by atoms with Crippen LogP contribution in [0.2, 0.25) is 0 Å². The molecule has 0 aliphatic carbocycles. The maximum atomic E-state index is 14.5. The van der Waals surface area contributed by atoms with Gasteiger partial charge in [-0.2, -0.15) is 13.2 Å². The van der Waals surface area contributed by atoms with Gasteiger partial charge in [0.1, 0.15) is 22.9 Å². The third-order valence-electron chi connectivity index (χ3n) is 5.47. The lowest BCUT2D eigenvalue weighted by Gasteiger charge is -2.30. The minimum Gasteiger partial charge on any atom is -0.497 e. The number of nitrogens with zero attached hydrogens (tertiary/aromatic N) is 1. The molecule has 0 spiro atoms. The summed E-state index contributed by atoms with van der Waals surface area (Å²) >= 11 is 0. The molecule has 10 nitrogen and oxygen atoms in total. The van der Waals surface area contributed by atoms with E-state index in [0.29, 0.717) is 16.1 Å².